The minimum absolute atomic E-state index is 0.229. The molecule has 0 amide bonds. The maximum Gasteiger partial charge on any atom is 0.262 e. The van der Waals surface area contributed by atoms with Crippen molar-refractivity contribution in [3.63, 3.8) is 0 Å². The highest BCUT2D eigenvalue weighted by atomic mass is 35.5. The summed E-state index contributed by atoms with van der Waals surface area (Å²) < 4.78 is 32.2. The first-order chi connectivity index (χ1) is 9.44. The highest BCUT2D eigenvalue weighted by Gasteiger charge is 2.17. The molecule has 0 spiro atoms. The molecule has 2 aromatic carbocycles. The SMILES string of the molecule is COc1ccc(NS(=O)(=O)c2ccccc2C)c(Cl)c1. The van der Waals surface area contributed by atoms with Gasteiger partial charge in [-0.3, -0.25) is 4.72 Å². The van der Waals surface area contributed by atoms with Gasteiger partial charge in [-0.25, -0.2) is 8.42 Å². The van der Waals surface area contributed by atoms with Crippen molar-refractivity contribution >= 4 is 27.3 Å². The Morgan fingerprint density at radius 3 is 2.45 bits per heavy atom. The normalized spacial score (nSPS) is 11.2. The van der Waals surface area contributed by atoms with E-state index in [-0.39, 0.29) is 9.92 Å². The molecule has 2 rings (SSSR count). The highest BCUT2D eigenvalue weighted by molar-refractivity contribution is 7.92. The predicted octanol–water partition coefficient (Wildman–Crippen LogP) is 3.46. The highest BCUT2D eigenvalue weighted by Crippen LogP contribution is 2.29. The van der Waals surface area contributed by atoms with E-state index in [0.717, 1.165) is 0 Å². The molecule has 2 aromatic rings. The summed E-state index contributed by atoms with van der Waals surface area (Å²) in [6.07, 6.45) is 0. The van der Waals surface area contributed by atoms with Crippen molar-refractivity contribution in [1.82, 2.24) is 0 Å². The first kappa shape index (κ1) is 14.7. The second-order valence-corrected chi connectivity index (χ2v) is 6.27. The van der Waals surface area contributed by atoms with Gasteiger partial charge >= 0.3 is 0 Å². The predicted molar refractivity (Wildman–Crippen MR) is 80.0 cm³/mol. The number of methoxy groups -OCH3 is 1. The lowest BCUT2D eigenvalue weighted by Crippen LogP contribution is -2.14. The van der Waals surface area contributed by atoms with Crippen LogP contribution in [0.1, 0.15) is 5.56 Å². The molecular weight excluding hydrogens is 298 g/mol. The first-order valence-electron chi connectivity index (χ1n) is 5.86. The van der Waals surface area contributed by atoms with E-state index < -0.39 is 10.0 Å². The fraction of sp³-hybridized carbons (Fsp3) is 0.143. The molecule has 20 heavy (non-hydrogen) atoms. The van der Waals surface area contributed by atoms with E-state index in [0.29, 0.717) is 17.0 Å². The van der Waals surface area contributed by atoms with Crippen molar-refractivity contribution in [1.29, 1.82) is 0 Å². The molecule has 0 saturated heterocycles. The van der Waals surface area contributed by atoms with Gasteiger partial charge in [-0.15, -0.1) is 0 Å². The number of sulfonamides is 1. The maximum atomic E-state index is 12.3. The third kappa shape index (κ3) is 3.05. The van der Waals surface area contributed by atoms with Gasteiger partial charge in [0, 0.05) is 6.07 Å². The average Bonchev–Trinajstić information content (AvgIpc) is 2.41. The molecule has 1 N–H and O–H groups in total. The van der Waals surface area contributed by atoms with Crippen molar-refractivity contribution < 1.29 is 13.2 Å². The Labute approximate surface area is 123 Å². The number of halogens is 1. The first-order valence-corrected chi connectivity index (χ1v) is 7.72. The number of aryl methyl sites for hydroxylation is 1. The summed E-state index contributed by atoms with van der Waals surface area (Å²) >= 11 is 6.03. The van der Waals surface area contributed by atoms with Crippen LogP contribution in [-0.4, -0.2) is 15.5 Å². The van der Waals surface area contributed by atoms with Gasteiger partial charge in [0.1, 0.15) is 5.75 Å². The van der Waals surface area contributed by atoms with Gasteiger partial charge in [0.25, 0.3) is 10.0 Å². The molecule has 4 nitrogen and oxygen atoms in total. The van der Waals surface area contributed by atoms with E-state index in [1.807, 2.05) is 0 Å². The monoisotopic (exact) mass is 311 g/mol. The molecule has 0 aromatic heterocycles. The van der Waals surface area contributed by atoms with Crippen LogP contribution in [0.15, 0.2) is 47.4 Å². The molecule has 0 aliphatic heterocycles. The summed E-state index contributed by atoms with van der Waals surface area (Å²) in [5.74, 6) is 0.564. The van der Waals surface area contributed by atoms with Crippen LogP contribution in [-0.2, 0) is 10.0 Å². The van der Waals surface area contributed by atoms with Crippen LogP contribution in [0.25, 0.3) is 0 Å². The van der Waals surface area contributed by atoms with Gasteiger partial charge in [0.2, 0.25) is 0 Å². The number of anilines is 1. The second kappa shape index (κ2) is 5.73. The molecule has 0 heterocycles. The third-order valence-electron chi connectivity index (χ3n) is 2.80. The minimum Gasteiger partial charge on any atom is -0.497 e. The van der Waals surface area contributed by atoms with Crippen LogP contribution in [0.5, 0.6) is 5.75 Å². The summed E-state index contributed by atoms with van der Waals surface area (Å²) in [6, 6.07) is 11.5. The van der Waals surface area contributed by atoms with Crippen LogP contribution in [0, 0.1) is 6.92 Å². The average molecular weight is 312 g/mol. The van der Waals surface area contributed by atoms with E-state index >= 15 is 0 Å². The smallest absolute Gasteiger partial charge is 0.262 e. The minimum atomic E-state index is -3.66. The van der Waals surface area contributed by atoms with Crippen molar-refractivity contribution in [2.45, 2.75) is 11.8 Å². The van der Waals surface area contributed by atoms with Crippen LogP contribution in [0.3, 0.4) is 0 Å². The molecule has 106 valence electrons. The zero-order valence-electron chi connectivity index (χ0n) is 11.1. The van der Waals surface area contributed by atoms with Crippen LogP contribution >= 0.6 is 11.6 Å². The molecule has 0 unspecified atom stereocenters. The molecule has 0 aliphatic rings. The van der Waals surface area contributed by atoms with Crippen molar-refractivity contribution in [2.24, 2.45) is 0 Å². The van der Waals surface area contributed by atoms with Gasteiger partial charge < -0.3 is 4.74 Å². The van der Waals surface area contributed by atoms with Crippen LogP contribution in [0.2, 0.25) is 5.02 Å². The molecular formula is C14H14ClNO3S. The fourth-order valence-corrected chi connectivity index (χ4v) is 3.36. The van der Waals surface area contributed by atoms with Crippen molar-refractivity contribution in [2.75, 3.05) is 11.8 Å². The Kier molecular flexibility index (Phi) is 4.20. The standard InChI is InChI=1S/C14H14ClNO3S/c1-10-5-3-4-6-14(10)20(17,18)16-13-8-7-11(19-2)9-12(13)15/h3-9,16H,1-2H3. The van der Waals surface area contributed by atoms with Crippen LogP contribution < -0.4 is 9.46 Å². The lowest BCUT2D eigenvalue weighted by Gasteiger charge is -2.12. The number of ether oxygens (including phenoxy) is 1. The van der Waals surface area contributed by atoms with E-state index in [9.17, 15) is 8.42 Å². The number of rotatable bonds is 4. The molecule has 0 atom stereocenters. The number of hydrogen-bond donors (Lipinski definition) is 1. The largest absolute Gasteiger partial charge is 0.497 e. The topological polar surface area (TPSA) is 55.4 Å². The van der Waals surface area contributed by atoms with Gasteiger partial charge in [0.15, 0.2) is 0 Å². The molecule has 6 heteroatoms. The number of benzene rings is 2. The number of hydrogen-bond acceptors (Lipinski definition) is 3. The lowest BCUT2D eigenvalue weighted by molar-refractivity contribution is 0.415. The van der Waals surface area contributed by atoms with E-state index in [1.165, 1.54) is 7.11 Å². The third-order valence-corrected chi connectivity index (χ3v) is 4.64. The molecule has 0 aliphatic carbocycles. The molecule has 0 radical (unpaired) electrons. The summed E-state index contributed by atoms with van der Waals surface area (Å²) in [5, 5.41) is 0.279. The molecule has 0 saturated carbocycles. The Bertz CT molecular complexity index is 729. The van der Waals surface area contributed by atoms with E-state index in [1.54, 1.807) is 49.4 Å². The van der Waals surface area contributed by atoms with Crippen molar-refractivity contribution in [3.05, 3.63) is 53.1 Å². The van der Waals surface area contributed by atoms with E-state index in [2.05, 4.69) is 4.72 Å². The zero-order valence-corrected chi connectivity index (χ0v) is 12.6. The Morgan fingerprint density at radius 2 is 1.85 bits per heavy atom. The second-order valence-electron chi connectivity index (χ2n) is 4.22. The van der Waals surface area contributed by atoms with Gasteiger partial charge in [-0.2, -0.15) is 0 Å². The quantitative estimate of drug-likeness (QED) is 0.940. The molecule has 0 fully saturated rings. The zero-order chi connectivity index (χ0) is 14.8. The Hall–Kier alpha value is -1.72. The Balaban J connectivity index is 2.36. The lowest BCUT2D eigenvalue weighted by atomic mass is 10.2. The van der Waals surface area contributed by atoms with E-state index in [4.69, 9.17) is 16.3 Å². The number of nitrogens with one attached hydrogen (secondary N) is 1. The Morgan fingerprint density at radius 1 is 1.15 bits per heavy atom. The summed E-state index contributed by atoms with van der Waals surface area (Å²) in [6.45, 7) is 1.74. The summed E-state index contributed by atoms with van der Waals surface area (Å²) in [4.78, 5) is 0.229. The van der Waals surface area contributed by atoms with Gasteiger partial charge in [-0.1, -0.05) is 29.8 Å². The van der Waals surface area contributed by atoms with Crippen LogP contribution in [0.4, 0.5) is 5.69 Å². The fourth-order valence-electron chi connectivity index (χ4n) is 1.76. The summed E-state index contributed by atoms with van der Waals surface area (Å²) in [7, 11) is -2.14. The van der Waals surface area contributed by atoms with Gasteiger partial charge in [-0.05, 0) is 30.7 Å². The summed E-state index contributed by atoms with van der Waals surface area (Å²) in [5.41, 5.74) is 0.986. The molecule has 0 bridgehead atoms. The van der Waals surface area contributed by atoms with Gasteiger partial charge in [0.05, 0.1) is 22.7 Å². The maximum absolute atomic E-state index is 12.3. The van der Waals surface area contributed by atoms with Crippen molar-refractivity contribution in [3.8, 4) is 5.75 Å².